The molecule has 2 aromatic rings. The van der Waals surface area contributed by atoms with E-state index in [9.17, 15) is 38.0 Å². The lowest BCUT2D eigenvalue weighted by molar-refractivity contribution is -0.388. The first-order valence-corrected chi connectivity index (χ1v) is 5.69. The predicted molar refractivity (Wildman–Crippen MR) is 68.9 cm³/mol. The van der Waals surface area contributed by atoms with Crippen molar-refractivity contribution in [2.45, 2.75) is 13.1 Å². The molecule has 0 radical (unpaired) electrons. The summed E-state index contributed by atoms with van der Waals surface area (Å²) < 4.78 is 39.7. The number of nitrogens with one attached hydrogen (secondary N) is 1. The third-order valence-electron chi connectivity index (χ3n) is 2.94. The first-order chi connectivity index (χ1) is 10.0. The zero-order chi connectivity index (χ0) is 16.8. The van der Waals surface area contributed by atoms with Gasteiger partial charge >= 0.3 is 6.18 Å². The largest absolute Gasteiger partial charge is 0.504 e. The van der Waals surface area contributed by atoms with Gasteiger partial charge in [0.15, 0.2) is 5.75 Å². The minimum atomic E-state index is -5.23. The highest BCUT2D eigenvalue weighted by Crippen LogP contribution is 2.41. The second-order valence-corrected chi connectivity index (χ2v) is 4.44. The van der Waals surface area contributed by atoms with Gasteiger partial charge in [0.1, 0.15) is 5.56 Å². The highest BCUT2D eigenvalue weighted by Gasteiger charge is 2.42. The van der Waals surface area contributed by atoms with Crippen LogP contribution in [0.2, 0.25) is 0 Å². The number of hydrogen-bond donors (Lipinski definition) is 2. The quantitative estimate of drug-likeness (QED) is 0.615. The van der Waals surface area contributed by atoms with Gasteiger partial charge in [0.05, 0.1) is 15.8 Å². The lowest BCUT2D eigenvalue weighted by Gasteiger charge is -2.11. The molecule has 7 nitrogen and oxygen atoms in total. The van der Waals surface area contributed by atoms with Crippen molar-refractivity contribution in [2.75, 3.05) is 0 Å². The highest BCUT2D eigenvalue weighted by atomic mass is 19.4. The van der Waals surface area contributed by atoms with Gasteiger partial charge in [-0.2, -0.15) is 13.2 Å². The standard InChI is InChI=1S/C12H7F3N2O5/c1-4-2-5-8(11(20)6(18)3-7(19)16-5)9(12(13,14)15)10(4)17(21)22/h2-3H,1H3,(H,16,19)(H,18,20). The smallest absolute Gasteiger partial charge is 0.423 e. The maximum Gasteiger partial charge on any atom is 0.423 e. The van der Waals surface area contributed by atoms with Gasteiger partial charge in [0.25, 0.3) is 11.2 Å². The number of halogens is 3. The minimum absolute atomic E-state index is 0.384. The first kappa shape index (κ1) is 15.5. The third kappa shape index (κ3) is 2.38. The third-order valence-corrected chi connectivity index (χ3v) is 2.94. The molecule has 2 rings (SSSR count). The summed E-state index contributed by atoms with van der Waals surface area (Å²) in [6.07, 6.45) is -5.23. The number of aromatic nitrogens is 1. The number of nitro benzene ring substituents is 1. The summed E-state index contributed by atoms with van der Waals surface area (Å²) in [6.45, 7) is 1.04. The Kier molecular flexibility index (Phi) is 3.39. The molecule has 1 heterocycles. The van der Waals surface area contributed by atoms with Gasteiger partial charge in [-0.1, -0.05) is 0 Å². The van der Waals surface area contributed by atoms with Crippen molar-refractivity contribution in [3.05, 3.63) is 54.0 Å². The Morgan fingerprint density at radius 3 is 2.36 bits per heavy atom. The van der Waals surface area contributed by atoms with Crippen LogP contribution in [0.4, 0.5) is 18.9 Å². The first-order valence-electron chi connectivity index (χ1n) is 5.69. The number of alkyl halides is 3. The SMILES string of the molecule is Cc1cc2[nH]c(=O)cc(O)c(=O)c2c(C(F)(F)F)c1[N+](=O)[O-]. The number of nitro groups is 1. The Morgan fingerprint density at radius 2 is 1.86 bits per heavy atom. The van der Waals surface area contributed by atoms with Crippen LogP contribution in [0.3, 0.4) is 0 Å². The lowest BCUT2D eigenvalue weighted by atomic mass is 10.0. The normalized spacial score (nSPS) is 11.6. The van der Waals surface area contributed by atoms with Crippen LogP contribution in [0.25, 0.3) is 10.9 Å². The molecule has 10 heteroatoms. The molecular formula is C12H7F3N2O5. The van der Waals surface area contributed by atoms with Crippen LogP contribution in [0.1, 0.15) is 11.1 Å². The number of aryl methyl sites for hydroxylation is 1. The number of benzene rings is 1. The summed E-state index contributed by atoms with van der Waals surface area (Å²) in [6, 6.07) is 1.29. The molecule has 22 heavy (non-hydrogen) atoms. The molecule has 0 fully saturated rings. The van der Waals surface area contributed by atoms with E-state index in [0.29, 0.717) is 6.07 Å². The molecule has 116 valence electrons. The van der Waals surface area contributed by atoms with Crippen LogP contribution in [0.15, 0.2) is 21.7 Å². The number of aromatic amines is 1. The molecule has 0 spiro atoms. The van der Waals surface area contributed by atoms with Crippen molar-refractivity contribution in [1.29, 1.82) is 0 Å². The molecule has 0 saturated heterocycles. The fourth-order valence-electron chi connectivity index (χ4n) is 2.14. The van der Waals surface area contributed by atoms with Crippen LogP contribution in [0.5, 0.6) is 5.75 Å². The molecule has 0 atom stereocenters. The number of H-pyrrole nitrogens is 1. The van der Waals surface area contributed by atoms with E-state index in [-0.39, 0.29) is 5.56 Å². The van der Waals surface area contributed by atoms with Crippen molar-refractivity contribution in [1.82, 2.24) is 4.98 Å². The van der Waals surface area contributed by atoms with E-state index in [2.05, 4.69) is 0 Å². The average Bonchev–Trinajstić information content (AvgIpc) is 2.44. The molecule has 0 aliphatic rings. The van der Waals surface area contributed by atoms with Crippen LogP contribution < -0.4 is 11.0 Å². The number of nitrogens with zero attached hydrogens (tertiary/aromatic N) is 1. The number of rotatable bonds is 1. The second kappa shape index (κ2) is 4.83. The van der Waals surface area contributed by atoms with Crippen LogP contribution in [0, 0.1) is 17.0 Å². The van der Waals surface area contributed by atoms with E-state index >= 15 is 0 Å². The van der Waals surface area contributed by atoms with Gasteiger partial charge in [-0.25, -0.2) is 0 Å². The molecule has 0 saturated carbocycles. The lowest BCUT2D eigenvalue weighted by Crippen LogP contribution is -2.15. The zero-order valence-corrected chi connectivity index (χ0v) is 10.8. The van der Waals surface area contributed by atoms with Crippen LogP contribution in [-0.4, -0.2) is 15.0 Å². The molecule has 0 unspecified atom stereocenters. The summed E-state index contributed by atoms with van der Waals surface area (Å²) in [5.41, 5.74) is -6.59. The van der Waals surface area contributed by atoms with E-state index in [0.717, 1.165) is 13.0 Å². The van der Waals surface area contributed by atoms with Crippen molar-refractivity contribution >= 4 is 16.6 Å². The minimum Gasteiger partial charge on any atom is -0.504 e. The number of fused-ring (bicyclic) bond motifs is 1. The van der Waals surface area contributed by atoms with Gasteiger partial charge in [-0.05, 0) is 13.0 Å². The van der Waals surface area contributed by atoms with Crippen LogP contribution in [-0.2, 0) is 6.18 Å². The fourth-order valence-corrected chi connectivity index (χ4v) is 2.14. The van der Waals surface area contributed by atoms with Crippen molar-refractivity contribution in [2.24, 2.45) is 0 Å². The molecule has 1 aromatic heterocycles. The topological polar surface area (TPSA) is 113 Å². The van der Waals surface area contributed by atoms with Crippen molar-refractivity contribution in [3.63, 3.8) is 0 Å². The second-order valence-electron chi connectivity index (χ2n) is 4.44. The molecule has 0 bridgehead atoms. The Hall–Kier alpha value is -2.91. The van der Waals surface area contributed by atoms with Crippen LogP contribution >= 0.6 is 0 Å². The van der Waals surface area contributed by atoms with E-state index in [1.165, 1.54) is 0 Å². The van der Waals surface area contributed by atoms with Crippen molar-refractivity contribution in [3.8, 4) is 5.75 Å². The fraction of sp³-hybridized carbons (Fsp3) is 0.167. The Balaban J connectivity index is 3.30. The molecule has 0 aliphatic heterocycles. The van der Waals surface area contributed by atoms with E-state index in [1.807, 2.05) is 4.98 Å². The Labute approximate surface area is 118 Å². The highest BCUT2D eigenvalue weighted by molar-refractivity contribution is 5.88. The Bertz CT molecular complexity index is 918. The molecule has 0 aliphatic carbocycles. The molecular weight excluding hydrogens is 309 g/mol. The van der Waals surface area contributed by atoms with E-state index in [1.54, 1.807) is 0 Å². The molecule has 2 N–H and O–H groups in total. The van der Waals surface area contributed by atoms with Gasteiger partial charge in [-0.15, -0.1) is 0 Å². The summed E-state index contributed by atoms with van der Waals surface area (Å²) >= 11 is 0. The summed E-state index contributed by atoms with van der Waals surface area (Å²) in [7, 11) is 0. The van der Waals surface area contributed by atoms with E-state index < -0.39 is 50.0 Å². The van der Waals surface area contributed by atoms with E-state index in [4.69, 9.17) is 0 Å². The van der Waals surface area contributed by atoms with Gasteiger partial charge in [-0.3, -0.25) is 19.7 Å². The molecule has 0 amide bonds. The maximum atomic E-state index is 13.2. The molecule has 1 aromatic carbocycles. The number of hydrogen-bond acceptors (Lipinski definition) is 5. The summed E-state index contributed by atoms with van der Waals surface area (Å²) in [5, 5.41) is 19.2. The van der Waals surface area contributed by atoms with Gasteiger partial charge < -0.3 is 10.1 Å². The van der Waals surface area contributed by atoms with Crippen molar-refractivity contribution < 1.29 is 23.2 Å². The average molecular weight is 316 g/mol. The zero-order valence-electron chi connectivity index (χ0n) is 10.8. The summed E-state index contributed by atoms with van der Waals surface area (Å²) in [4.78, 5) is 34.9. The predicted octanol–water partition coefficient (Wildman–Crippen LogP) is 1.83. The number of aromatic hydroxyl groups is 1. The summed E-state index contributed by atoms with van der Waals surface area (Å²) in [5.74, 6) is -1.24. The van der Waals surface area contributed by atoms with Gasteiger partial charge in [0.2, 0.25) is 5.43 Å². The monoisotopic (exact) mass is 316 g/mol. The van der Waals surface area contributed by atoms with Gasteiger partial charge in [0, 0.05) is 11.6 Å². The Morgan fingerprint density at radius 1 is 1.27 bits per heavy atom. The maximum absolute atomic E-state index is 13.2.